The minimum absolute atomic E-state index is 0.251. The fourth-order valence-corrected chi connectivity index (χ4v) is 2.80. The van der Waals surface area contributed by atoms with Gasteiger partial charge in [0.1, 0.15) is 0 Å². The maximum Gasteiger partial charge on any atom is 0.0234 e. The number of hydrogen-bond donors (Lipinski definition) is 1. The Hall–Kier alpha value is -0.860. The predicted molar refractivity (Wildman–Crippen MR) is 82.5 cm³/mol. The summed E-state index contributed by atoms with van der Waals surface area (Å²) in [5.74, 6) is 0. The quantitative estimate of drug-likeness (QED) is 0.898. The Morgan fingerprint density at radius 2 is 1.89 bits per heavy atom. The van der Waals surface area contributed by atoms with Crippen LogP contribution in [0.25, 0.3) is 0 Å². The second kappa shape index (κ2) is 6.06. The highest BCUT2D eigenvalue weighted by Gasteiger charge is 2.18. The molecule has 0 aromatic heterocycles. The van der Waals surface area contributed by atoms with Crippen LogP contribution in [-0.2, 0) is 12.0 Å². The molecule has 2 rings (SSSR count). The van der Waals surface area contributed by atoms with Crippen molar-refractivity contribution in [2.45, 2.75) is 51.6 Å². The number of nitrogens with one attached hydrogen (secondary N) is 1. The third kappa shape index (κ3) is 4.05. The van der Waals surface area contributed by atoms with Crippen molar-refractivity contribution in [2.24, 2.45) is 0 Å². The van der Waals surface area contributed by atoms with Crippen molar-refractivity contribution in [1.29, 1.82) is 0 Å². The van der Waals surface area contributed by atoms with E-state index in [0.717, 1.165) is 6.54 Å². The Morgan fingerprint density at radius 3 is 2.47 bits per heavy atom. The summed E-state index contributed by atoms with van der Waals surface area (Å²) < 4.78 is 0. The van der Waals surface area contributed by atoms with E-state index in [1.807, 2.05) is 0 Å². The Morgan fingerprint density at radius 1 is 1.21 bits per heavy atom. The molecule has 0 radical (unpaired) electrons. The first kappa shape index (κ1) is 14.5. The number of nitrogens with zero attached hydrogens (tertiary/aromatic N) is 1. The summed E-state index contributed by atoms with van der Waals surface area (Å²) in [6, 6.07) is 9.83. The van der Waals surface area contributed by atoms with Crippen LogP contribution >= 0.6 is 0 Å². The van der Waals surface area contributed by atoms with E-state index in [4.69, 9.17) is 0 Å². The first-order valence-corrected chi connectivity index (χ1v) is 7.48. The molecule has 19 heavy (non-hydrogen) atoms. The molecule has 1 atom stereocenters. The van der Waals surface area contributed by atoms with Crippen molar-refractivity contribution in [3.63, 3.8) is 0 Å². The molecule has 0 spiro atoms. The van der Waals surface area contributed by atoms with Gasteiger partial charge in [-0.25, -0.2) is 0 Å². The molecular formula is C17H28N2. The number of rotatable bonds is 3. The summed E-state index contributed by atoms with van der Waals surface area (Å²) in [6.45, 7) is 10.3. The van der Waals surface area contributed by atoms with Crippen LogP contribution in [0.15, 0.2) is 24.3 Å². The van der Waals surface area contributed by atoms with Gasteiger partial charge in [-0.2, -0.15) is 0 Å². The molecule has 1 saturated heterocycles. The van der Waals surface area contributed by atoms with Crippen LogP contribution in [0.4, 0.5) is 0 Å². The molecule has 0 amide bonds. The van der Waals surface area contributed by atoms with Crippen molar-refractivity contribution >= 4 is 0 Å². The third-order valence-corrected chi connectivity index (χ3v) is 4.14. The maximum absolute atomic E-state index is 3.41. The SMILES string of the molecule is CNC1CCCN(Cc2ccc(C(C)(C)C)cc2)C1. The lowest BCUT2D eigenvalue weighted by molar-refractivity contribution is 0.188. The van der Waals surface area contributed by atoms with Gasteiger partial charge in [0, 0.05) is 19.1 Å². The van der Waals surface area contributed by atoms with E-state index in [-0.39, 0.29) is 5.41 Å². The largest absolute Gasteiger partial charge is 0.316 e. The van der Waals surface area contributed by atoms with Gasteiger partial charge >= 0.3 is 0 Å². The van der Waals surface area contributed by atoms with Crippen molar-refractivity contribution in [3.8, 4) is 0 Å². The lowest BCUT2D eigenvalue weighted by atomic mass is 9.86. The monoisotopic (exact) mass is 260 g/mol. The Bertz CT molecular complexity index is 389. The van der Waals surface area contributed by atoms with Crippen LogP contribution in [0, 0.1) is 0 Å². The van der Waals surface area contributed by atoms with Crippen molar-refractivity contribution in [1.82, 2.24) is 10.2 Å². The third-order valence-electron chi connectivity index (χ3n) is 4.14. The van der Waals surface area contributed by atoms with E-state index >= 15 is 0 Å². The van der Waals surface area contributed by atoms with Gasteiger partial charge in [0.05, 0.1) is 0 Å². The molecule has 106 valence electrons. The molecule has 0 bridgehead atoms. The zero-order valence-electron chi connectivity index (χ0n) is 12.9. The van der Waals surface area contributed by atoms with Gasteiger partial charge in [-0.05, 0) is 43.0 Å². The maximum atomic E-state index is 3.41. The van der Waals surface area contributed by atoms with E-state index in [2.05, 4.69) is 62.3 Å². The second-order valence-corrected chi connectivity index (χ2v) is 6.81. The fourth-order valence-electron chi connectivity index (χ4n) is 2.80. The molecule has 1 aliphatic heterocycles. The molecule has 0 aliphatic carbocycles. The molecule has 1 aromatic rings. The lowest BCUT2D eigenvalue weighted by Gasteiger charge is -2.32. The highest BCUT2D eigenvalue weighted by molar-refractivity contribution is 5.27. The average Bonchev–Trinajstić information content (AvgIpc) is 2.38. The minimum Gasteiger partial charge on any atom is -0.316 e. The summed E-state index contributed by atoms with van der Waals surface area (Å²) in [5.41, 5.74) is 3.11. The zero-order valence-corrected chi connectivity index (χ0v) is 12.9. The van der Waals surface area contributed by atoms with Crippen LogP contribution in [0.3, 0.4) is 0 Å². The van der Waals surface area contributed by atoms with E-state index in [9.17, 15) is 0 Å². The Labute approximate surface area is 118 Å². The molecule has 1 N–H and O–H groups in total. The first-order chi connectivity index (χ1) is 8.99. The molecule has 2 nitrogen and oxygen atoms in total. The Kier molecular flexibility index (Phi) is 4.64. The van der Waals surface area contributed by atoms with Gasteiger partial charge < -0.3 is 5.32 Å². The highest BCUT2D eigenvalue weighted by atomic mass is 15.2. The van der Waals surface area contributed by atoms with Crippen LogP contribution in [-0.4, -0.2) is 31.1 Å². The molecule has 1 aliphatic rings. The standard InChI is InChI=1S/C17H28N2/c1-17(2,3)15-9-7-14(8-10-15)12-19-11-5-6-16(13-19)18-4/h7-10,16,18H,5-6,11-13H2,1-4H3. The first-order valence-electron chi connectivity index (χ1n) is 7.48. The number of piperidine rings is 1. The van der Waals surface area contributed by atoms with Gasteiger partial charge in [0.15, 0.2) is 0 Å². The smallest absolute Gasteiger partial charge is 0.0234 e. The summed E-state index contributed by atoms with van der Waals surface area (Å²) in [6.07, 6.45) is 2.63. The number of likely N-dealkylation sites (N-methyl/N-ethyl adjacent to an activating group) is 1. The molecule has 1 unspecified atom stereocenters. The summed E-state index contributed by atoms with van der Waals surface area (Å²) in [5, 5.41) is 3.41. The molecule has 2 heteroatoms. The van der Waals surface area contributed by atoms with Gasteiger partial charge in [-0.3, -0.25) is 4.90 Å². The second-order valence-electron chi connectivity index (χ2n) is 6.81. The number of hydrogen-bond acceptors (Lipinski definition) is 2. The Balaban J connectivity index is 1.96. The van der Waals surface area contributed by atoms with E-state index in [1.165, 1.54) is 37.1 Å². The van der Waals surface area contributed by atoms with Crippen molar-refractivity contribution < 1.29 is 0 Å². The van der Waals surface area contributed by atoms with E-state index in [0.29, 0.717) is 6.04 Å². The van der Waals surface area contributed by atoms with Crippen LogP contribution in [0.1, 0.15) is 44.7 Å². The van der Waals surface area contributed by atoms with Gasteiger partial charge in [0.25, 0.3) is 0 Å². The topological polar surface area (TPSA) is 15.3 Å². The van der Waals surface area contributed by atoms with E-state index in [1.54, 1.807) is 0 Å². The molecule has 1 heterocycles. The zero-order chi connectivity index (χ0) is 13.9. The summed E-state index contributed by atoms with van der Waals surface area (Å²) in [4.78, 5) is 2.57. The average molecular weight is 260 g/mol. The van der Waals surface area contributed by atoms with Gasteiger partial charge in [0.2, 0.25) is 0 Å². The number of likely N-dealkylation sites (tertiary alicyclic amines) is 1. The normalized spacial score (nSPS) is 21.6. The number of benzene rings is 1. The highest BCUT2D eigenvalue weighted by Crippen LogP contribution is 2.23. The molecule has 1 fully saturated rings. The fraction of sp³-hybridized carbons (Fsp3) is 0.647. The van der Waals surface area contributed by atoms with Gasteiger partial charge in [-0.15, -0.1) is 0 Å². The lowest BCUT2D eigenvalue weighted by Crippen LogP contribution is -2.43. The predicted octanol–water partition coefficient (Wildman–Crippen LogP) is 3.17. The molecule has 0 saturated carbocycles. The summed E-state index contributed by atoms with van der Waals surface area (Å²) in [7, 11) is 2.08. The van der Waals surface area contributed by atoms with Crippen molar-refractivity contribution in [2.75, 3.05) is 20.1 Å². The van der Waals surface area contributed by atoms with Crippen LogP contribution in [0.5, 0.6) is 0 Å². The van der Waals surface area contributed by atoms with Crippen molar-refractivity contribution in [3.05, 3.63) is 35.4 Å². The molecule has 1 aromatic carbocycles. The van der Waals surface area contributed by atoms with Crippen LogP contribution in [0.2, 0.25) is 0 Å². The van der Waals surface area contributed by atoms with Gasteiger partial charge in [-0.1, -0.05) is 45.0 Å². The minimum atomic E-state index is 0.251. The summed E-state index contributed by atoms with van der Waals surface area (Å²) >= 11 is 0. The molecular weight excluding hydrogens is 232 g/mol. The van der Waals surface area contributed by atoms with E-state index < -0.39 is 0 Å². The van der Waals surface area contributed by atoms with Crippen LogP contribution < -0.4 is 5.32 Å².